The summed E-state index contributed by atoms with van der Waals surface area (Å²) in [5.41, 5.74) is 0. The SMILES string of the molecule is ClP(Cl)(c1ccccc1)(c1ccccc1)c1ccccc1.[Ni]. The van der Waals surface area contributed by atoms with E-state index in [-0.39, 0.29) is 16.5 Å². The maximum atomic E-state index is 7.27. The fourth-order valence-electron chi connectivity index (χ4n) is 2.52. The third-order valence-electron chi connectivity index (χ3n) is 3.63. The molecule has 3 rings (SSSR count). The number of rotatable bonds is 3. The molecule has 0 fully saturated rings. The van der Waals surface area contributed by atoms with E-state index in [2.05, 4.69) is 0 Å². The van der Waals surface area contributed by atoms with Crippen LogP contribution in [-0.4, -0.2) is 0 Å². The molecule has 4 heteroatoms. The fraction of sp³-hybridized carbons (Fsp3) is 0. The van der Waals surface area contributed by atoms with Gasteiger partial charge in [0.15, 0.2) is 0 Å². The Balaban J connectivity index is 0.00000176. The molecular weight excluding hydrogens is 377 g/mol. The molecule has 0 bridgehead atoms. The zero-order valence-corrected chi connectivity index (χ0v) is 15.1. The standard InChI is InChI=1S/C18H15Cl2P.Ni/c19-21(20,16-10-4-1-5-11-16,17-12-6-2-7-13-17)18-14-8-3-9-15-18;/h1-15H;. The normalized spacial score (nSPS) is 12.7. The van der Waals surface area contributed by atoms with E-state index in [9.17, 15) is 0 Å². The number of hydrogen-bond donors (Lipinski definition) is 0. The van der Waals surface area contributed by atoms with Gasteiger partial charge >= 0.3 is 135 Å². The maximum Gasteiger partial charge on any atom is 0 e. The minimum atomic E-state index is -3.43. The van der Waals surface area contributed by atoms with Crippen molar-refractivity contribution in [3.05, 3.63) is 91.0 Å². The van der Waals surface area contributed by atoms with Crippen molar-refractivity contribution in [3.8, 4) is 0 Å². The second-order valence-corrected chi connectivity index (χ2v) is 12.9. The van der Waals surface area contributed by atoms with E-state index >= 15 is 0 Å². The Bertz CT molecular complexity index is 627. The monoisotopic (exact) mass is 390 g/mol. The summed E-state index contributed by atoms with van der Waals surface area (Å²) in [4.78, 5) is 0. The van der Waals surface area contributed by atoms with Crippen LogP contribution in [0.5, 0.6) is 0 Å². The van der Waals surface area contributed by atoms with Crippen LogP contribution in [0.4, 0.5) is 0 Å². The van der Waals surface area contributed by atoms with Crippen molar-refractivity contribution in [2.45, 2.75) is 0 Å². The third-order valence-corrected chi connectivity index (χ3v) is 10.8. The molecule has 0 spiro atoms. The molecule has 3 aromatic carbocycles. The Morgan fingerprint density at radius 1 is 0.455 bits per heavy atom. The van der Waals surface area contributed by atoms with Gasteiger partial charge < -0.3 is 0 Å². The Kier molecular flexibility index (Phi) is 5.36. The van der Waals surface area contributed by atoms with E-state index < -0.39 is 5.31 Å². The van der Waals surface area contributed by atoms with E-state index in [1.165, 1.54) is 0 Å². The average molecular weight is 392 g/mol. The van der Waals surface area contributed by atoms with Gasteiger partial charge in [-0.15, -0.1) is 0 Å². The molecule has 22 heavy (non-hydrogen) atoms. The van der Waals surface area contributed by atoms with Crippen molar-refractivity contribution in [1.29, 1.82) is 0 Å². The topological polar surface area (TPSA) is 0 Å². The first-order chi connectivity index (χ1) is 10.1. The van der Waals surface area contributed by atoms with Gasteiger partial charge in [0.25, 0.3) is 0 Å². The predicted octanol–water partition coefficient (Wildman–Crippen LogP) is 4.82. The summed E-state index contributed by atoms with van der Waals surface area (Å²) in [6.45, 7) is 0. The van der Waals surface area contributed by atoms with E-state index in [0.717, 1.165) is 15.9 Å². The van der Waals surface area contributed by atoms with E-state index in [0.29, 0.717) is 0 Å². The number of hydrogen-bond acceptors (Lipinski definition) is 0. The molecule has 0 unspecified atom stereocenters. The van der Waals surface area contributed by atoms with Crippen LogP contribution in [0.15, 0.2) is 91.0 Å². The molecular formula is C18H15Cl2NiP. The molecule has 0 N–H and O–H groups in total. The quantitative estimate of drug-likeness (QED) is 0.443. The van der Waals surface area contributed by atoms with Crippen molar-refractivity contribution < 1.29 is 16.5 Å². The Hall–Kier alpha value is -0.836. The second kappa shape index (κ2) is 6.73. The summed E-state index contributed by atoms with van der Waals surface area (Å²) in [5.74, 6) is 0. The van der Waals surface area contributed by atoms with Crippen molar-refractivity contribution in [2.24, 2.45) is 0 Å². The molecule has 116 valence electrons. The van der Waals surface area contributed by atoms with E-state index in [1.54, 1.807) is 0 Å². The Morgan fingerprint density at radius 2 is 0.682 bits per heavy atom. The van der Waals surface area contributed by atoms with Crippen LogP contribution < -0.4 is 15.9 Å². The molecule has 0 aliphatic carbocycles. The average Bonchev–Trinajstić information content (AvgIpc) is 2.57. The molecule has 0 nitrogen and oxygen atoms in total. The van der Waals surface area contributed by atoms with Crippen LogP contribution in [0.3, 0.4) is 0 Å². The number of benzene rings is 3. The summed E-state index contributed by atoms with van der Waals surface area (Å²) in [6, 6.07) is 29.9. The molecule has 0 atom stereocenters. The smallest absolute Gasteiger partial charge is 0 e. The third kappa shape index (κ3) is 2.84. The molecule has 0 aliphatic heterocycles. The van der Waals surface area contributed by atoms with Crippen LogP contribution >= 0.6 is 27.8 Å². The molecule has 0 saturated heterocycles. The summed E-state index contributed by atoms with van der Waals surface area (Å²) < 4.78 is 0. The zero-order chi connectivity index (χ0) is 14.8. The molecule has 0 amide bonds. The van der Waals surface area contributed by atoms with Gasteiger partial charge in [-0.25, -0.2) is 0 Å². The molecule has 0 radical (unpaired) electrons. The van der Waals surface area contributed by atoms with Crippen molar-refractivity contribution >= 4 is 43.7 Å². The first-order valence-corrected chi connectivity index (χ1v) is 10.8. The number of halogens is 2. The van der Waals surface area contributed by atoms with Gasteiger partial charge in [-0.3, -0.25) is 0 Å². The first kappa shape index (κ1) is 17.5. The van der Waals surface area contributed by atoms with Crippen LogP contribution in [0, 0.1) is 0 Å². The fourth-order valence-corrected chi connectivity index (χ4v) is 7.53. The van der Waals surface area contributed by atoms with Crippen molar-refractivity contribution in [3.63, 3.8) is 0 Å². The predicted molar refractivity (Wildman–Crippen MR) is 96.9 cm³/mol. The summed E-state index contributed by atoms with van der Waals surface area (Å²) in [5, 5.41) is -0.543. The van der Waals surface area contributed by atoms with Crippen molar-refractivity contribution in [1.82, 2.24) is 0 Å². The maximum absolute atomic E-state index is 7.27. The molecule has 3 aromatic rings. The van der Waals surface area contributed by atoms with Crippen LogP contribution in [0.25, 0.3) is 0 Å². The van der Waals surface area contributed by atoms with Gasteiger partial charge in [-0.05, 0) is 0 Å². The van der Waals surface area contributed by atoms with Crippen molar-refractivity contribution in [2.75, 3.05) is 0 Å². The summed E-state index contributed by atoms with van der Waals surface area (Å²) >= 11 is 14.5. The molecule has 0 aromatic heterocycles. The first-order valence-electron chi connectivity index (χ1n) is 6.74. The minimum Gasteiger partial charge on any atom is 0 e. The summed E-state index contributed by atoms with van der Waals surface area (Å²) in [6.07, 6.45) is 0. The Morgan fingerprint density at radius 3 is 0.909 bits per heavy atom. The second-order valence-electron chi connectivity index (χ2n) is 4.91. The van der Waals surface area contributed by atoms with E-state index in [1.807, 2.05) is 91.0 Å². The van der Waals surface area contributed by atoms with Gasteiger partial charge in [0.1, 0.15) is 0 Å². The summed E-state index contributed by atoms with van der Waals surface area (Å²) in [7, 11) is 0. The van der Waals surface area contributed by atoms with Gasteiger partial charge in [-0.2, -0.15) is 0 Å². The van der Waals surface area contributed by atoms with Crippen LogP contribution in [0.1, 0.15) is 0 Å². The van der Waals surface area contributed by atoms with Crippen LogP contribution in [-0.2, 0) is 16.5 Å². The van der Waals surface area contributed by atoms with Gasteiger partial charge in [0.05, 0.1) is 0 Å². The minimum absolute atomic E-state index is 0. The molecule has 0 aliphatic rings. The van der Waals surface area contributed by atoms with Gasteiger partial charge in [0, 0.05) is 16.5 Å². The van der Waals surface area contributed by atoms with Gasteiger partial charge in [-0.1, -0.05) is 0 Å². The Labute approximate surface area is 150 Å². The van der Waals surface area contributed by atoms with Gasteiger partial charge in [0.2, 0.25) is 0 Å². The zero-order valence-electron chi connectivity index (χ0n) is 11.7. The molecule has 0 saturated carbocycles. The largest absolute Gasteiger partial charge is 0 e. The van der Waals surface area contributed by atoms with Crippen LogP contribution in [0.2, 0.25) is 0 Å². The molecule has 0 heterocycles. The van der Waals surface area contributed by atoms with E-state index in [4.69, 9.17) is 22.5 Å².